The van der Waals surface area contributed by atoms with Crippen LogP contribution in [0.1, 0.15) is 32.3 Å². The van der Waals surface area contributed by atoms with Crippen molar-refractivity contribution in [1.29, 1.82) is 0 Å². The van der Waals surface area contributed by atoms with Crippen molar-refractivity contribution in [2.24, 2.45) is 5.92 Å². The second kappa shape index (κ2) is 9.07. The van der Waals surface area contributed by atoms with Crippen LogP contribution >= 0.6 is 0 Å². The molecule has 1 aromatic carbocycles. The summed E-state index contributed by atoms with van der Waals surface area (Å²) in [6.07, 6.45) is 1.14. The Labute approximate surface area is 133 Å². The number of nitrogens with one attached hydrogen (secondary N) is 1. The van der Waals surface area contributed by atoms with Gasteiger partial charge in [0.2, 0.25) is 5.91 Å². The second-order valence-corrected chi connectivity index (χ2v) is 5.29. The number of carboxylic acids is 1. The fourth-order valence-electron chi connectivity index (χ4n) is 2.02. The van der Waals surface area contributed by atoms with Crippen LogP contribution in [-0.4, -0.2) is 29.6 Å². The molecule has 2 N–H and O–H groups in total. The van der Waals surface area contributed by atoms with Crippen LogP contribution in [-0.2, 0) is 16.0 Å². The Morgan fingerprint density at radius 2 is 1.87 bits per heavy atom. The van der Waals surface area contributed by atoms with Gasteiger partial charge in [-0.1, -0.05) is 32.4 Å². The summed E-state index contributed by atoms with van der Waals surface area (Å²) >= 11 is 0. The van der Waals surface area contributed by atoms with Crippen molar-refractivity contribution in [2.45, 2.75) is 45.8 Å². The molecule has 0 aromatic heterocycles. The van der Waals surface area contributed by atoms with Crippen LogP contribution in [0.4, 0.5) is 8.78 Å². The molecule has 0 radical (unpaired) electrons. The molecular formula is C16H21F2NO4. The molecule has 7 heteroatoms. The fraction of sp³-hybridized carbons (Fsp3) is 0.500. The van der Waals surface area contributed by atoms with Gasteiger partial charge in [-0.05, 0) is 30.0 Å². The van der Waals surface area contributed by atoms with E-state index in [0.717, 1.165) is 5.56 Å². The molecule has 0 aliphatic carbocycles. The quantitative estimate of drug-likeness (QED) is 0.730. The van der Waals surface area contributed by atoms with Crippen molar-refractivity contribution in [3.8, 4) is 5.75 Å². The highest BCUT2D eigenvalue weighted by molar-refractivity contribution is 5.83. The largest absolute Gasteiger partial charge is 0.480 e. The van der Waals surface area contributed by atoms with Crippen LogP contribution in [0.15, 0.2) is 24.3 Å². The van der Waals surface area contributed by atoms with Gasteiger partial charge >= 0.3 is 12.6 Å². The highest BCUT2D eigenvalue weighted by Crippen LogP contribution is 2.16. The molecule has 0 fully saturated rings. The van der Waals surface area contributed by atoms with Gasteiger partial charge in [0.05, 0.1) is 0 Å². The number of carbonyl (C=O) groups excluding carboxylic acids is 1. The van der Waals surface area contributed by atoms with E-state index in [1.807, 2.05) is 6.92 Å². The fourth-order valence-corrected chi connectivity index (χ4v) is 2.02. The molecule has 5 nitrogen and oxygen atoms in total. The first-order valence-electron chi connectivity index (χ1n) is 7.39. The van der Waals surface area contributed by atoms with Crippen LogP contribution in [0.25, 0.3) is 0 Å². The van der Waals surface area contributed by atoms with Crippen LogP contribution < -0.4 is 10.1 Å². The van der Waals surface area contributed by atoms with E-state index in [1.165, 1.54) is 12.1 Å². The molecule has 0 aliphatic rings. The number of benzene rings is 1. The van der Waals surface area contributed by atoms with Crippen LogP contribution in [0.5, 0.6) is 5.75 Å². The number of ether oxygens (including phenoxy) is 1. The maximum atomic E-state index is 12.0. The Bertz CT molecular complexity index is 519. The summed E-state index contributed by atoms with van der Waals surface area (Å²) in [5.74, 6) is -1.52. The highest BCUT2D eigenvalue weighted by atomic mass is 19.3. The third kappa shape index (κ3) is 6.63. The zero-order valence-corrected chi connectivity index (χ0v) is 13.1. The predicted octanol–water partition coefficient (Wildman–Crippen LogP) is 2.84. The number of amides is 1. The number of aryl methyl sites for hydroxylation is 1. The molecule has 23 heavy (non-hydrogen) atoms. The van der Waals surface area contributed by atoms with E-state index < -0.39 is 18.6 Å². The Morgan fingerprint density at radius 3 is 2.35 bits per heavy atom. The highest BCUT2D eigenvalue weighted by Gasteiger charge is 2.24. The molecule has 1 aromatic rings. The average molecular weight is 329 g/mol. The first kappa shape index (κ1) is 18.9. The van der Waals surface area contributed by atoms with E-state index in [0.29, 0.717) is 12.8 Å². The van der Waals surface area contributed by atoms with E-state index in [4.69, 9.17) is 5.11 Å². The SMILES string of the molecule is CCC(C)C(NC(=O)CCc1ccc(OC(F)F)cc1)C(=O)O. The van der Waals surface area contributed by atoms with Gasteiger partial charge in [-0.25, -0.2) is 4.79 Å². The molecule has 2 atom stereocenters. The number of hydrogen-bond acceptors (Lipinski definition) is 3. The molecule has 0 spiro atoms. The Kier molecular flexibility index (Phi) is 7.44. The molecule has 0 bridgehead atoms. The van der Waals surface area contributed by atoms with Crippen LogP contribution in [0.3, 0.4) is 0 Å². The number of carboxylic acid groups (broad SMARTS) is 1. The number of carbonyl (C=O) groups is 2. The monoisotopic (exact) mass is 329 g/mol. The Balaban J connectivity index is 2.50. The van der Waals surface area contributed by atoms with E-state index in [-0.39, 0.29) is 24.0 Å². The Morgan fingerprint density at radius 1 is 1.26 bits per heavy atom. The first-order chi connectivity index (χ1) is 10.8. The summed E-state index contributed by atoms with van der Waals surface area (Å²) in [6, 6.07) is 5.08. The molecule has 0 heterocycles. The van der Waals surface area contributed by atoms with Gasteiger partial charge in [0.15, 0.2) is 0 Å². The molecule has 0 saturated carbocycles. The number of rotatable bonds is 9. The first-order valence-corrected chi connectivity index (χ1v) is 7.39. The van der Waals surface area contributed by atoms with E-state index in [2.05, 4.69) is 10.1 Å². The number of halogens is 2. The van der Waals surface area contributed by atoms with E-state index >= 15 is 0 Å². The molecule has 0 saturated heterocycles. The smallest absolute Gasteiger partial charge is 0.387 e. The third-order valence-corrected chi connectivity index (χ3v) is 3.58. The third-order valence-electron chi connectivity index (χ3n) is 3.58. The van der Waals surface area contributed by atoms with Gasteiger partial charge in [-0.15, -0.1) is 0 Å². The predicted molar refractivity (Wildman–Crippen MR) is 80.4 cm³/mol. The number of aliphatic carboxylic acids is 1. The van der Waals surface area contributed by atoms with Gasteiger partial charge in [0.25, 0.3) is 0 Å². The molecule has 1 amide bonds. The summed E-state index contributed by atoms with van der Waals surface area (Å²) in [4.78, 5) is 23.0. The average Bonchev–Trinajstić information content (AvgIpc) is 2.50. The Hall–Kier alpha value is -2.18. The molecular weight excluding hydrogens is 308 g/mol. The van der Waals surface area contributed by atoms with E-state index in [9.17, 15) is 18.4 Å². The minimum absolute atomic E-state index is 0.0518. The van der Waals surface area contributed by atoms with Crippen molar-refractivity contribution in [1.82, 2.24) is 5.32 Å². The zero-order chi connectivity index (χ0) is 17.4. The lowest BCUT2D eigenvalue weighted by molar-refractivity contribution is -0.143. The van der Waals surface area contributed by atoms with Crippen LogP contribution in [0, 0.1) is 5.92 Å². The van der Waals surface area contributed by atoms with Gasteiger partial charge in [0, 0.05) is 6.42 Å². The molecule has 1 rings (SSSR count). The number of alkyl halides is 2. The zero-order valence-electron chi connectivity index (χ0n) is 13.1. The summed E-state index contributed by atoms with van der Waals surface area (Å²) in [6.45, 7) is 0.747. The van der Waals surface area contributed by atoms with Crippen LogP contribution in [0.2, 0.25) is 0 Å². The van der Waals surface area contributed by atoms with Gasteiger partial charge in [-0.3, -0.25) is 4.79 Å². The topological polar surface area (TPSA) is 75.6 Å². The normalized spacial score (nSPS) is 13.4. The minimum atomic E-state index is -2.87. The lowest BCUT2D eigenvalue weighted by atomic mass is 9.99. The second-order valence-electron chi connectivity index (χ2n) is 5.29. The maximum absolute atomic E-state index is 12.0. The molecule has 2 unspecified atom stereocenters. The van der Waals surface area contributed by atoms with Crippen molar-refractivity contribution in [3.63, 3.8) is 0 Å². The molecule has 0 aliphatic heterocycles. The lowest BCUT2D eigenvalue weighted by Gasteiger charge is -2.20. The number of hydrogen-bond donors (Lipinski definition) is 2. The van der Waals surface area contributed by atoms with Crippen molar-refractivity contribution in [2.75, 3.05) is 0 Å². The molecule has 128 valence electrons. The maximum Gasteiger partial charge on any atom is 0.387 e. The van der Waals surface area contributed by atoms with E-state index in [1.54, 1.807) is 19.1 Å². The standard InChI is InChI=1S/C16H21F2NO4/c1-3-10(2)14(15(21)22)19-13(20)9-6-11-4-7-12(8-5-11)23-16(17)18/h4-5,7-8,10,14,16H,3,6,9H2,1-2H3,(H,19,20)(H,21,22). The summed E-state index contributed by atoms with van der Waals surface area (Å²) in [7, 11) is 0. The summed E-state index contributed by atoms with van der Waals surface area (Å²) in [5, 5.41) is 11.6. The van der Waals surface area contributed by atoms with Gasteiger partial charge < -0.3 is 15.2 Å². The lowest BCUT2D eigenvalue weighted by Crippen LogP contribution is -2.45. The van der Waals surface area contributed by atoms with Gasteiger partial charge in [0.1, 0.15) is 11.8 Å². The summed E-state index contributed by atoms with van der Waals surface area (Å²) in [5.41, 5.74) is 0.775. The van der Waals surface area contributed by atoms with Crippen molar-refractivity contribution >= 4 is 11.9 Å². The van der Waals surface area contributed by atoms with Gasteiger partial charge in [-0.2, -0.15) is 8.78 Å². The van der Waals surface area contributed by atoms with Crippen molar-refractivity contribution < 1.29 is 28.2 Å². The minimum Gasteiger partial charge on any atom is -0.480 e. The van der Waals surface area contributed by atoms with Crippen molar-refractivity contribution in [3.05, 3.63) is 29.8 Å². The summed E-state index contributed by atoms with van der Waals surface area (Å²) < 4.78 is 28.3.